The average Bonchev–Trinajstić information content (AvgIpc) is 3.22. The normalized spacial score (nSPS) is 14.8. The molecule has 4 rings (SSSR count). The predicted molar refractivity (Wildman–Crippen MR) is 94.9 cm³/mol. The molecular formula is C20H19N3O2. The number of carbonyl (C=O) groups excluding carboxylic acids is 1. The maximum absolute atomic E-state index is 12.7. The SMILES string of the molecule is COc1ccccc1C1(NC(=O)c2ccc(-n3ccnc3)cc2)CC1. The van der Waals surface area contributed by atoms with Gasteiger partial charge in [0.1, 0.15) is 5.75 Å². The van der Waals surface area contributed by atoms with Crippen LogP contribution in [-0.2, 0) is 5.54 Å². The van der Waals surface area contributed by atoms with Gasteiger partial charge in [-0.3, -0.25) is 4.79 Å². The fourth-order valence-electron chi connectivity index (χ4n) is 3.11. The predicted octanol–water partition coefficient (Wildman–Crippen LogP) is 3.30. The molecule has 1 heterocycles. The average molecular weight is 333 g/mol. The van der Waals surface area contributed by atoms with Crippen molar-refractivity contribution in [3.05, 3.63) is 78.4 Å². The summed E-state index contributed by atoms with van der Waals surface area (Å²) < 4.78 is 7.36. The molecule has 2 aromatic carbocycles. The lowest BCUT2D eigenvalue weighted by molar-refractivity contribution is 0.0930. The first kappa shape index (κ1) is 15.4. The number of ether oxygens (including phenoxy) is 1. The maximum atomic E-state index is 12.7. The molecular weight excluding hydrogens is 314 g/mol. The number of methoxy groups -OCH3 is 1. The van der Waals surface area contributed by atoms with Crippen molar-refractivity contribution in [2.45, 2.75) is 18.4 Å². The zero-order valence-electron chi connectivity index (χ0n) is 14.0. The maximum Gasteiger partial charge on any atom is 0.251 e. The van der Waals surface area contributed by atoms with Gasteiger partial charge in [-0.2, -0.15) is 0 Å². The van der Waals surface area contributed by atoms with Gasteiger partial charge in [0.2, 0.25) is 0 Å². The highest BCUT2D eigenvalue weighted by molar-refractivity contribution is 5.95. The van der Waals surface area contributed by atoms with Crippen LogP contribution in [-0.4, -0.2) is 22.6 Å². The third-order valence-corrected chi connectivity index (χ3v) is 4.66. The van der Waals surface area contributed by atoms with Crippen molar-refractivity contribution in [2.24, 2.45) is 0 Å². The van der Waals surface area contributed by atoms with E-state index in [1.807, 2.05) is 59.3 Å². The first-order valence-corrected chi connectivity index (χ1v) is 8.26. The highest BCUT2D eigenvalue weighted by Crippen LogP contribution is 2.48. The molecule has 0 spiro atoms. The number of hydrogen-bond acceptors (Lipinski definition) is 3. The lowest BCUT2D eigenvalue weighted by atomic mass is 10.0. The summed E-state index contributed by atoms with van der Waals surface area (Å²) >= 11 is 0. The minimum absolute atomic E-state index is 0.0689. The zero-order chi connectivity index (χ0) is 17.3. The van der Waals surface area contributed by atoms with Gasteiger partial charge in [-0.05, 0) is 43.2 Å². The zero-order valence-corrected chi connectivity index (χ0v) is 14.0. The van der Waals surface area contributed by atoms with Gasteiger partial charge in [-0.1, -0.05) is 18.2 Å². The van der Waals surface area contributed by atoms with Crippen LogP contribution in [0.1, 0.15) is 28.8 Å². The standard InChI is InChI=1S/C20H19N3O2/c1-25-18-5-3-2-4-17(18)20(10-11-20)22-19(24)15-6-8-16(9-7-15)23-13-12-21-14-23/h2-9,12-14H,10-11H2,1H3,(H,22,24). The molecule has 3 aromatic rings. The van der Waals surface area contributed by atoms with E-state index in [0.29, 0.717) is 5.56 Å². The molecule has 1 amide bonds. The Balaban J connectivity index is 1.54. The number of hydrogen-bond donors (Lipinski definition) is 1. The molecule has 0 bridgehead atoms. The second-order valence-corrected chi connectivity index (χ2v) is 6.25. The van der Waals surface area contributed by atoms with Crippen LogP contribution in [0.2, 0.25) is 0 Å². The fourth-order valence-corrected chi connectivity index (χ4v) is 3.11. The first-order chi connectivity index (χ1) is 12.2. The van der Waals surface area contributed by atoms with Gasteiger partial charge in [0.15, 0.2) is 0 Å². The topological polar surface area (TPSA) is 56.1 Å². The van der Waals surface area contributed by atoms with E-state index in [4.69, 9.17) is 4.74 Å². The van der Waals surface area contributed by atoms with Gasteiger partial charge in [0.25, 0.3) is 5.91 Å². The highest BCUT2D eigenvalue weighted by atomic mass is 16.5. The summed E-state index contributed by atoms with van der Waals surface area (Å²) in [4.78, 5) is 16.7. The number of carbonyl (C=O) groups is 1. The molecule has 0 aliphatic heterocycles. The van der Waals surface area contributed by atoms with Gasteiger partial charge >= 0.3 is 0 Å². The Kier molecular flexibility index (Phi) is 3.76. The minimum Gasteiger partial charge on any atom is -0.496 e. The number of imidazole rings is 1. The van der Waals surface area contributed by atoms with Gasteiger partial charge in [0, 0.05) is 29.2 Å². The van der Waals surface area contributed by atoms with Crippen molar-refractivity contribution in [3.63, 3.8) is 0 Å². The molecule has 1 aliphatic carbocycles. The third kappa shape index (κ3) is 2.89. The van der Waals surface area contributed by atoms with Crippen LogP contribution < -0.4 is 10.1 Å². The van der Waals surface area contributed by atoms with Gasteiger partial charge < -0.3 is 14.6 Å². The van der Waals surface area contributed by atoms with E-state index in [9.17, 15) is 4.79 Å². The van der Waals surface area contributed by atoms with Crippen LogP contribution in [0.25, 0.3) is 5.69 Å². The molecule has 126 valence electrons. The number of benzene rings is 2. The molecule has 0 saturated heterocycles. The summed E-state index contributed by atoms with van der Waals surface area (Å²) in [6.07, 6.45) is 7.18. The molecule has 1 saturated carbocycles. The van der Waals surface area contributed by atoms with Crippen molar-refractivity contribution in [3.8, 4) is 11.4 Å². The molecule has 1 fully saturated rings. The van der Waals surface area contributed by atoms with Crippen LogP contribution in [0, 0.1) is 0 Å². The minimum atomic E-state index is -0.313. The summed E-state index contributed by atoms with van der Waals surface area (Å²) in [7, 11) is 1.66. The Bertz CT molecular complexity index is 882. The van der Waals surface area contributed by atoms with E-state index in [0.717, 1.165) is 29.8 Å². The number of aromatic nitrogens is 2. The monoisotopic (exact) mass is 333 g/mol. The Morgan fingerprint density at radius 3 is 2.56 bits per heavy atom. The Morgan fingerprint density at radius 2 is 1.92 bits per heavy atom. The van der Waals surface area contributed by atoms with E-state index in [-0.39, 0.29) is 11.4 Å². The summed E-state index contributed by atoms with van der Waals surface area (Å²) in [5, 5.41) is 3.19. The fraction of sp³-hybridized carbons (Fsp3) is 0.200. The van der Waals surface area contributed by atoms with Crippen LogP contribution >= 0.6 is 0 Å². The van der Waals surface area contributed by atoms with E-state index in [1.54, 1.807) is 19.6 Å². The molecule has 0 unspecified atom stereocenters. The first-order valence-electron chi connectivity index (χ1n) is 8.26. The Hall–Kier alpha value is -3.08. The molecule has 1 aliphatic rings. The molecule has 5 heteroatoms. The van der Waals surface area contributed by atoms with Crippen molar-refractivity contribution in [1.82, 2.24) is 14.9 Å². The second-order valence-electron chi connectivity index (χ2n) is 6.25. The molecule has 0 atom stereocenters. The van der Waals surface area contributed by atoms with Crippen LogP contribution in [0.3, 0.4) is 0 Å². The smallest absolute Gasteiger partial charge is 0.251 e. The van der Waals surface area contributed by atoms with Crippen molar-refractivity contribution in [2.75, 3.05) is 7.11 Å². The quantitative estimate of drug-likeness (QED) is 0.779. The summed E-state index contributed by atoms with van der Waals surface area (Å²) in [6.45, 7) is 0. The summed E-state index contributed by atoms with van der Waals surface area (Å²) in [6, 6.07) is 15.4. The van der Waals surface area contributed by atoms with E-state index in [2.05, 4.69) is 10.3 Å². The number of rotatable bonds is 5. The second kappa shape index (κ2) is 6.09. The van der Waals surface area contributed by atoms with E-state index >= 15 is 0 Å². The molecule has 1 aromatic heterocycles. The van der Waals surface area contributed by atoms with Gasteiger partial charge in [-0.25, -0.2) is 4.98 Å². The highest BCUT2D eigenvalue weighted by Gasteiger charge is 2.47. The number of nitrogens with one attached hydrogen (secondary N) is 1. The molecule has 1 N–H and O–H groups in total. The lowest BCUT2D eigenvalue weighted by Gasteiger charge is -2.20. The van der Waals surface area contributed by atoms with Crippen LogP contribution in [0.15, 0.2) is 67.3 Å². The largest absolute Gasteiger partial charge is 0.496 e. The van der Waals surface area contributed by atoms with Crippen molar-refractivity contribution in [1.29, 1.82) is 0 Å². The number of nitrogens with zero attached hydrogens (tertiary/aromatic N) is 2. The van der Waals surface area contributed by atoms with Crippen LogP contribution in [0.4, 0.5) is 0 Å². The Morgan fingerprint density at radius 1 is 1.16 bits per heavy atom. The summed E-state index contributed by atoms with van der Waals surface area (Å²) in [5.41, 5.74) is 2.35. The van der Waals surface area contributed by atoms with E-state index < -0.39 is 0 Å². The molecule has 5 nitrogen and oxygen atoms in total. The number of amides is 1. The van der Waals surface area contributed by atoms with Crippen LogP contribution in [0.5, 0.6) is 5.75 Å². The van der Waals surface area contributed by atoms with E-state index in [1.165, 1.54) is 0 Å². The summed E-state index contributed by atoms with van der Waals surface area (Å²) in [5.74, 6) is 0.747. The van der Waals surface area contributed by atoms with Crippen molar-refractivity contribution < 1.29 is 9.53 Å². The molecule has 0 radical (unpaired) electrons. The molecule has 25 heavy (non-hydrogen) atoms. The van der Waals surface area contributed by atoms with Crippen molar-refractivity contribution >= 4 is 5.91 Å². The number of para-hydroxylation sites is 1. The van der Waals surface area contributed by atoms with Gasteiger partial charge in [-0.15, -0.1) is 0 Å². The van der Waals surface area contributed by atoms with Gasteiger partial charge in [0.05, 0.1) is 19.0 Å². The Labute approximate surface area is 146 Å². The lowest BCUT2D eigenvalue weighted by Crippen LogP contribution is -2.35. The third-order valence-electron chi connectivity index (χ3n) is 4.66.